The van der Waals surface area contributed by atoms with Crippen LogP contribution in [0.25, 0.3) is 0 Å². The minimum atomic E-state index is -3.54. The smallest absolute Gasteiger partial charge is 0.300 e. The molecule has 2 aromatic carbocycles. The van der Waals surface area contributed by atoms with Gasteiger partial charge in [0.05, 0.1) is 15.7 Å². The molecule has 2 aliphatic carbocycles. The molecule has 2 aromatic rings. The summed E-state index contributed by atoms with van der Waals surface area (Å²) in [4.78, 5) is 22.8. The van der Waals surface area contributed by atoms with E-state index < -0.39 is 43.9 Å². The van der Waals surface area contributed by atoms with Gasteiger partial charge in [-0.1, -0.05) is 34.3 Å². The fraction of sp³-hybridized carbons (Fsp3) is 0.481. The van der Waals surface area contributed by atoms with Gasteiger partial charge in [-0.25, -0.2) is 12.8 Å². The van der Waals surface area contributed by atoms with Gasteiger partial charge in [-0.15, -0.1) is 0 Å². The highest BCUT2D eigenvalue weighted by atomic mass is 35.5. The summed E-state index contributed by atoms with van der Waals surface area (Å²) in [5, 5.41) is 7.50. The van der Waals surface area contributed by atoms with E-state index in [4.69, 9.17) is 38.8 Å². The van der Waals surface area contributed by atoms with Crippen LogP contribution in [0.1, 0.15) is 72.9 Å². The summed E-state index contributed by atoms with van der Waals surface area (Å²) in [7, 11) is -3.54. The van der Waals surface area contributed by atoms with Crippen LogP contribution in [-0.4, -0.2) is 62.7 Å². The molecule has 1 atom stereocenters. The van der Waals surface area contributed by atoms with E-state index in [2.05, 4.69) is 4.90 Å². The third kappa shape index (κ3) is 10.0. The van der Waals surface area contributed by atoms with E-state index in [-0.39, 0.29) is 25.8 Å². The molecule has 3 N–H and O–H groups in total. The zero-order valence-corrected chi connectivity index (χ0v) is 25.5. The summed E-state index contributed by atoms with van der Waals surface area (Å²) >= 11 is 10.2. The molecule has 5 rings (SSSR count). The number of carbonyl (C=O) groups excluding carboxylic acids is 1. The van der Waals surface area contributed by atoms with Crippen LogP contribution in [0.5, 0.6) is 0 Å². The molecular formula is C27H32Cl2FN2O7S2-. The number of hydrogen-bond acceptors (Lipinski definition) is 7. The minimum absolute atomic E-state index is 0.0185. The van der Waals surface area contributed by atoms with Crippen molar-refractivity contribution in [1.29, 1.82) is 0 Å². The van der Waals surface area contributed by atoms with Crippen LogP contribution in [0.4, 0.5) is 4.39 Å². The molecule has 9 nitrogen and oxygen atoms in total. The molecule has 3 fully saturated rings. The summed E-state index contributed by atoms with van der Waals surface area (Å²) < 4.78 is 59.9. The fourth-order valence-electron chi connectivity index (χ4n) is 4.50. The number of carboxylic acids is 1. The molecule has 41 heavy (non-hydrogen) atoms. The van der Waals surface area contributed by atoms with Crippen molar-refractivity contribution in [3.05, 3.63) is 62.9 Å². The number of rotatable bonds is 7. The van der Waals surface area contributed by atoms with Crippen molar-refractivity contribution in [2.45, 2.75) is 73.3 Å². The molecule has 14 heteroatoms. The molecule has 3 aliphatic rings. The standard InChI is InChI=1S/C22H23Cl2FN2O3S.C3H6O2S.C2H4O2/c23-15-8-16(24)10-18(9-15)31(29,30)17-3-5-27(6-4-17)12-14-7-21(25)20(22(26)28)11-19(14)13-1-2-13;4-6(5)3-1-2-3;1-2(3)4/h7-11,13,17H,1-6,12H2,(H2,26,28);3H,1-2H2,(H,4,5);1H3,(H,3,4)/p-1. The lowest BCUT2D eigenvalue weighted by molar-refractivity contribution is -0.134. The number of benzene rings is 2. The summed E-state index contributed by atoms with van der Waals surface area (Å²) in [5.41, 5.74) is 7.04. The Morgan fingerprint density at radius 2 is 1.59 bits per heavy atom. The van der Waals surface area contributed by atoms with Gasteiger partial charge >= 0.3 is 0 Å². The first kappa shape index (κ1) is 33.4. The van der Waals surface area contributed by atoms with Gasteiger partial charge in [-0.3, -0.25) is 18.7 Å². The predicted octanol–water partition coefficient (Wildman–Crippen LogP) is 4.67. The van der Waals surface area contributed by atoms with Crippen molar-refractivity contribution in [2.75, 3.05) is 13.1 Å². The van der Waals surface area contributed by atoms with Crippen molar-refractivity contribution < 1.29 is 36.3 Å². The van der Waals surface area contributed by atoms with E-state index >= 15 is 0 Å². The lowest BCUT2D eigenvalue weighted by Crippen LogP contribution is -2.39. The van der Waals surface area contributed by atoms with Crippen molar-refractivity contribution in [3.63, 3.8) is 0 Å². The second-order valence-corrected chi connectivity index (χ2v) is 14.6. The lowest BCUT2D eigenvalue weighted by Gasteiger charge is -2.32. The molecule has 1 unspecified atom stereocenters. The number of hydrogen-bond donors (Lipinski definition) is 2. The third-order valence-corrected chi connectivity index (χ3v) is 10.5. The molecule has 226 valence electrons. The maximum absolute atomic E-state index is 14.4. The topological polar surface area (TPSA) is 158 Å². The molecule has 0 radical (unpaired) electrons. The Morgan fingerprint density at radius 1 is 1.05 bits per heavy atom. The predicted molar refractivity (Wildman–Crippen MR) is 154 cm³/mol. The van der Waals surface area contributed by atoms with Crippen LogP contribution in [0.2, 0.25) is 10.0 Å². The highest BCUT2D eigenvalue weighted by molar-refractivity contribution is 7.92. The highest BCUT2D eigenvalue weighted by Crippen LogP contribution is 2.43. The molecule has 2 saturated carbocycles. The molecule has 0 aromatic heterocycles. The first-order valence-electron chi connectivity index (χ1n) is 13.0. The normalized spacial score (nSPS) is 18.4. The Kier molecular flexibility index (Phi) is 11.7. The number of primary amides is 1. The second-order valence-electron chi connectivity index (χ2n) is 10.3. The van der Waals surface area contributed by atoms with Crippen LogP contribution in [0.3, 0.4) is 0 Å². The average Bonchev–Trinajstić information content (AvgIpc) is 3.77. The number of sulfone groups is 1. The Hall–Kier alpha value is -2.09. The van der Waals surface area contributed by atoms with E-state index in [1.165, 1.54) is 24.3 Å². The monoisotopic (exact) mass is 649 g/mol. The van der Waals surface area contributed by atoms with Gasteiger partial charge in [0.15, 0.2) is 9.84 Å². The number of halogens is 3. The van der Waals surface area contributed by atoms with Gasteiger partial charge in [0, 0.05) is 28.8 Å². The lowest BCUT2D eigenvalue weighted by atomic mass is 9.98. The molecule has 1 saturated heterocycles. The van der Waals surface area contributed by atoms with Gasteiger partial charge in [0.2, 0.25) is 0 Å². The molecule has 0 bridgehead atoms. The first-order valence-corrected chi connectivity index (χ1v) is 16.4. The summed E-state index contributed by atoms with van der Waals surface area (Å²) in [6.45, 7) is 2.74. The summed E-state index contributed by atoms with van der Waals surface area (Å²) in [5.74, 6) is -1.88. The van der Waals surface area contributed by atoms with Crippen LogP contribution in [0, 0.1) is 5.82 Å². The number of likely N-dealkylation sites (tertiary alicyclic amines) is 1. The molecule has 1 aliphatic heterocycles. The molecular weight excluding hydrogens is 618 g/mol. The number of aliphatic carboxylic acids is 1. The molecule has 1 heterocycles. The SMILES string of the molecule is CC(=O)O.NC(=O)c1cc(C2CC2)c(CN2CCC(S(=O)(=O)c3cc(Cl)cc(Cl)c3)CC2)cc1F.O=S([O-])C1CC1. The van der Waals surface area contributed by atoms with Crippen molar-refractivity contribution >= 4 is 56.0 Å². The van der Waals surface area contributed by atoms with Crippen LogP contribution < -0.4 is 5.73 Å². The number of carbonyl (C=O) groups is 2. The van der Waals surface area contributed by atoms with Crippen molar-refractivity contribution in [1.82, 2.24) is 4.90 Å². The van der Waals surface area contributed by atoms with Crippen molar-refractivity contribution in [3.8, 4) is 0 Å². The fourth-order valence-corrected chi connectivity index (χ4v) is 7.47. The van der Waals surface area contributed by atoms with Crippen LogP contribution in [-0.2, 0) is 32.3 Å². The average molecular weight is 651 g/mol. The van der Waals surface area contributed by atoms with Gasteiger partial charge in [0.25, 0.3) is 11.9 Å². The number of amides is 1. The largest absolute Gasteiger partial charge is 0.772 e. The van der Waals surface area contributed by atoms with Gasteiger partial charge in [-0.2, -0.15) is 0 Å². The maximum atomic E-state index is 14.4. The highest BCUT2D eigenvalue weighted by Gasteiger charge is 2.33. The van der Waals surface area contributed by atoms with E-state index in [1.807, 2.05) is 0 Å². The van der Waals surface area contributed by atoms with Gasteiger partial charge in [0.1, 0.15) is 5.82 Å². The third-order valence-electron chi connectivity index (χ3n) is 6.84. The van der Waals surface area contributed by atoms with Gasteiger partial charge in [-0.05, 0) is 99.0 Å². The Bertz CT molecular complexity index is 1380. The van der Waals surface area contributed by atoms with E-state index in [0.29, 0.717) is 38.4 Å². The van der Waals surface area contributed by atoms with Crippen molar-refractivity contribution in [2.24, 2.45) is 5.73 Å². The maximum Gasteiger partial charge on any atom is 0.300 e. The minimum Gasteiger partial charge on any atom is -0.772 e. The van der Waals surface area contributed by atoms with E-state index in [0.717, 1.165) is 43.7 Å². The second kappa shape index (κ2) is 14.4. The Balaban J connectivity index is 0.000000393. The molecule has 0 spiro atoms. The zero-order valence-electron chi connectivity index (χ0n) is 22.4. The Morgan fingerprint density at radius 3 is 2.00 bits per heavy atom. The number of carboxylic acid groups (broad SMARTS) is 1. The van der Waals surface area contributed by atoms with E-state index in [9.17, 15) is 26.4 Å². The first-order chi connectivity index (χ1) is 19.2. The molecule has 1 amide bonds. The van der Waals surface area contributed by atoms with E-state index in [1.54, 1.807) is 6.07 Å². The quantitative estimate of drug-likeness (QED) is 0.410. The van der Waals surface area contributed by atoms with Crippen LogP contribution >= 0.6 is 23.2 Å². The number of nitrogens with two attached hydrogens (primary N) is 1. The number of piperidine rings is 1. The van der Waals surface area contributed by atoms with Gasteiger partial charge < -0.3 is 15.4 Å². The zero-order chi connectivity index (χ0) is 30.5. The summed E-state index contributed by atoms with van der Waals surface area (Å²) in [6, 6.07) is 7.36. The van der Waals surface area contributed by atoms with Crippen LogP contribution in [0.15, 0.2) is 35.2 Å². The Labute approximate surface area is 251 Å². The number of nitrogens with zero attached hydrogens (tertiary/aromatic N) is 1. The summed E-state index contributed by atoms with van der Waals surface area (Å²) in [6.07, 6.45) is 4.73.